The quantitative estimate of drug-likeness (QED) is 0.921. The van der Waals surface area contributed by atoms with Crippen LogP contribution in [0.2, 0.25) is 0 Å². The third kappa shape index (κ3) is 3.93. The van der Waals surface area contributed by atoms with Gasteiger partial charge in [-0.05, 0) is 35.0 Å². The van der Waals surface area contributed by atoms with E-state index in [1.165, 1.54) is 4.88 Å². The van der Waals surface area contributed by atoms with Crippen molar-refractivity contribution in [3.05, 3.63) is 20.8 Å². The fourth-order valence-electron chi connectivity index (χ4n) is 1.18. The van der Waals surface area contributed by atoms with Gasteiger partial charge in [-0.25, -0.2) is 0 Å². The van der Waals surface area contributed by atoms with Crippen LogP contribution in [-0.4, -0.2) is 30.9 Å². The average Bonchev–Trinajstić information content (AvgIpc) is 2.59. The number of amides is 1. The van der Waals surface area contributed by atoms with Crippen LogP contribution < -0.4 is 5.32 Å². The normalized spacial score (nSPS) is 12.5. The minimum Gasteiger partial charge on any atom is -0.347 e. The van der Waals surface area contributed by atoms with E-state index in [0.717, 1.165) is 10.3 Å². The van der Waals surface area contributed by atoms with Crippen molar-refractivity contribution < 1.29 is 4.79 Å². The number of carbonyl (C=O) groups is 1. The van der Waals surface area contributed by atoms with Gasteiger partial charge in [0.05, 0.1) is 9.83 Å². The number of rotatable bonds is 4. The van der Waals surface area contributed by atoms with Crippen molar-refractivity contribution in [2.75, 3.05) is 14.1 Å². The summed E-state index contributed by atoms with van der Waals surface area (Å²) in [7, 11) is 3.53. The topological polar surface area (TPSA) is 32.3 Å². The van der Waals surface area contributed by atoms with Crippen LogP contribution in [0.1, 0.15) is 11.8 Å². The summed E-state index contributed by atoms with van der Waals surface area (Å²) in [6.07, 6.45) is 0. The van der Waals surface area contributed by atoms with Gasteiger partial charge in [-0.2, -0.15) is 0 Å². The van der Waals surface area contributed by atoms with E-state index >= 15 is 0 Å². The largest absolute Gasteiger partial charge is 0.347 e. The van der Waals surface area contributed by atoms with Crippen molar-refractivity contribution in [1.29, 1.82) is 0 Å². The van der Waals surface area contributed by atoms with Crippen LogP contribution in [-0.2, 0) is 11.3 Å². The van der Waals surface area contributed by atoms with Gasteiger partial charge in [0.15, 0.2) is 0 Å². The molecule has 0 saturated carbocycles. The van der Waals surface area contributed by atoms with Crippen molar-refractivity contribution in [2.45, 2.75) is 19.5 Å². The molecule has 0 aromatic carbocycles. The average molecular weight is 291 g/mol. The molecule has 1 rings (SSSR count). The smallest absolute Gasteiger partial charge is 0.238 e. The monoisotopic (exact) mass is 290 g/mol. The zero-order valence-electron chi connectivity index (χ0n) is 9.08. The molecular formula is C10H15BrN2OS. The molecule has 1 atom stereocenters. The van der Waals surface area contributed by atoms with Crippen molar-refractivity contribution >= 4 is 33.2 Å². The minimum absolute atomic E-state index is 0.102. The molecule has 0 spiro atoms. The molecule has 1 heterocycles. The Kier molecular flexibility index (Phi) is 4.76. The van der Waals surface area contributed by atoms with Crippen LogP contribution in [0.4, 0.5) is 0 Å². The molecule has 0 bridgehead atoms. The number of likely N-dealkylation sites (N-methyl/N-ethyl adjacent to an activating group) is 1. The number of nitrogens with zero attached hydrogens (tertiary/aromatic N) is 1. The molecule has 0 unspecified atom stereocenters. The lowest BCUT2D eigenvalue weighted by Crippen LogP contribution is -2.40. The molecule has 0 aliphatic rings. The molecule has 84 valence electrons. The highest BCUT2D eigenvalue weighted by Gasteiger charge is 2.13. The first-order valence-corrected chi connectivity index (χ1v) is 6.30. The maximum atomic E-state index is 11.5. The van der Waals surface area contributed by atoms with Crippen LogP contribution in [0, 0.1) is 0 Å². The van der Waals surface area contributed by atoms with E-state index in [0.29, 0.717) is 0 Å². The Morgan fingerprint density at radius 1 is 1.60 bits per heavy atom. The van der Waals surface area contributed by atoms with Crippen LogP contribution in [0.5, 0.6) is 0 Å². The van der Waals surface area contributed by atoms with Crippen LogP contribution in [0.15, 0.2) is 15.9 Å². The Balaban J connectivity index is 2.40. The lowest BCUT2D eigenvalue weighted by atomic mass is 10.3. The highest BCUT2D eigenvalue weighted by Crippen LogP contribution is 2.21. The Morgan fingerprint density at radius 3 is 2.73 bits per heavy atom. The van der Waals surface area contributed by atoms with E-state index in [2.05, 4.69) is 27.3 Å². The van der Waals surface area contributed by atoms with Crippen molar-refractivity contribution in [2.24, 2.45) is 0 Å². The maximum Gasteiger partial charge on any atom is 0.238 e. The summed E-state index contributed by atoms with van der Waals surface area (Å²) in [6.45, 7) is 2.61. The number of nitrogens with one attached hydrogen (secondary N) is 1. The number of hydrogen-bond acceptors (Lipinski definition) is 3. The van der Waals surface area contributed by atoms with Gasteiger partial charge < -0.3 is 10.2 Å². The first-order chi connectivity index (χ1) is 7.00. The summed E-state index contributed by atoms with van der Waals surface area (Å²) in [5, 5.41) is 3.19. The summed E-state index contributed by atoms with van der Waals surface area (Å²) >= 11 is 5.09. The van der Waals surface area contributed by atoms with Gasteiger partial charge in [-0.3, -0.25) is 4.79 Å². The number of hydrogen-bond donors (Lipinski definition) is 1. The second kappa shape index (κ2) is 5.63. The Hall–Kier alpha value is -0.390. The predicted octanol–water partition coefficient (Wildman–Crippen LogP) is 2.08. The fraction of sp³-hybridized carbons (Fsp3) is 0.500. The lowest BCUT2D eigenvalue weighted by molar-refractivity contribution is -0.130. The molecule has 1 aromatic rings. The third-order valence-corrected chi connectivity index (χ3v) is 3.65. The summed E-state index contributed by atoms with van der Waals surface area (Å²) in [4.78, 5) is 14.3. The molecule has 1 N–H and O–H groups in total. The van der Waals surface area contributed by atoms with E-state index in [1.807, 2.05) is 13.0 Å². The first-order valence-electron chi connectivity index (χ1n) is 4.69. The SMILES string of the molecule is C[C@H](NCc1ccc(Br)s1)C(=O)N(C)C. The van der Waals surface area contributed by atoms with E-state index < -0.39 is 0 Å². The molecule has 3 nitrogen and oxygen atoms in total. The summed E-state index contributed by atoms with van der Waals surface area (Å²) in [5.41, 5.74) is 0. The summed E-state index contributed by atoms with van der Waals surface area (Å²) < 4.78 is 1.12. The second-order valence-electron chi connectivity index (χ2n) is 3.54. The molecule has 1 amide bonds. The molecule has 15 heavy (non-hydrogen) atoms. The van der Waals surface area contributed by atoms with Gasteiger partial charge in [0.2, 0.25) is 5.91 Å². The van der Waals surface area contributed by atoms with E-state index in [1.54, 1.807) is 30.3 Å². The standard InChI is InChI=1S/C10H15BrN2OS/c1-7(10(14)13(2)3)12-6-8-4-5-9(11)15-8/h4-5,7,12H,6H2,1-3H3/t7-/m0/s1. The molecule has 0 aliphatic carbocycles. The highest BCUT2D eigenvalue weighted by atomic mass is 79.9. The van der Waals surface area contributed by atoms with Gasteiger partial charge in [0, 0.05) is 25.5 Å². The first kappa shape index (κ1) is 12.7. The van der Waals surface area contributed by atoms with Crippen LogP contribution in [0.3, 0.4) is 0 Å². The van der Waals surface area contributed by atoms with Gasteiger partial charge in [0.1, 0.15) is 0 Å². The molecule has 0 fully saturated rings. The van der Waals surface area contributed by atoms with E-state index in [9.17, 15) is 4.79 Å². The van der Waals surface area contributed by atoms with E-state index in [4.69, 9.17) is 0 Å². The summed E-state index contributed by atoms with van der Waals surface area (Å²) in [5.74, 6) is 0.102. The van der Waals surface area contributed by atoms with Gasteiger partial charge in [-0.1, -0.05) is 0 Å². The van der Waals surface area contributed by atoms with Crippen molar-refractivity contribution in [3.63, 3.8) is 0 Å². The van der Waals surface area contributed by atoms with Gasteiger partial charge in [-0.15, -0.1) is 11.3 Å². The number of carbonyl (C=O) groups excluding carboxylic acids is 1. The van der Waals surface area contributed by atoms with Crippen molar-refractivity contribution in [1.82, 2.24) is 10.2 Å². The Labute approximate surface area is 103 Å². The maximum absolute atomic E-state index is 11.5. The lowest BCUT2D eigenvalue weighted by Gasteiger charge is -2.17. The molecule has 0 radical (unpaired) electrons. The molecule has 1 aromatic heterocycles. The third-order valence-electron chi connectivity index (χ3n) is 2.02. The summed E-state index contributed by atoms with van der Waals surface area (Å²) in [6, 6.07) is 3.93. The van der Waals surface area contributed by atoms with E-state index in [-0.39, 0.29) is 11.9 Å². The second-order valence-corrected chi connectivity index (χ2v) is 6.09. The number of thiophene rings is 1. The van der Waals surface area contributed by atoms with Crippen LogP contribution >= 0.6 is 27.3 Å². The van der Waals surface area contributed by atoms with Gasteiger partial charge >= 0.3 is 0 Å². The highest BCUT2D eigenvalue weighted by molar-refractivity contribution is 9.11. The Bertz CT molecular complexity index is 338. The predicted molar refractivity (Wildman–Crippen MR) is 67.0 cm³/mol. The van der Waals surface area contributed by atoms with Crippen molar-refractivity contribution in [3.8, 4) is 0 Å². The molecular weight excluding hydrogens is 276 g/mol. The van der Waals surface area contributed by atoms with Crippen LogP contribution in [0.25, 0.3) is 0 Å². The number of halogens is 1. The molecule has 5 heteroatoms. The zero-order valence-corrected chi connectivity index (χ0v) is 11.5. The fourth-order valence-corrected chi connectivity index (χ4v) is 2.61. The molecule has 0 saturated heterocycles. The molecule has 0 aliphatic heterocycles. The van der Waals surface area contributed by atoms with Gasteiger partial charge in [0.25, 0.3) is 0 Å². The zero-order chi connectivity index (χ0) is 11.4. The Morgan fingerprint density at radius 2 is 2.27 bits per heavy atom. The minimum atomic E-state index is -0.138.